The molecule has 1 aromatic heterocycles. The zero-order chi connectivity index (χ0) is 17.5. The smallest absolute Gasteiger partial charge is 0.407 e. The molecule has 128 valence electrons. The molecule has 0 atom stereocenters. The number of nitrogens with one attached hydrogen (secondary N) is 1. The van der Waals surface area contributed by atoms with E-state index < -0.39 is 11.7 Å². The van der Waals surface area contributed by atoms with Gasteiger partial charge in [0.15, 0.2) is 0 Å². The zero-order valence-electron chi connectivity index (χ0n) is 14.9. The fraction of sp³-hybridized carbons (Fsp3) is 0.500. The lowest BCUT2D eigenvalue weighted by atomic mass is 10.1. The number of benzene rings is 1. The summed E-state index contributed by atoms with van der Waals surface area (Å²) in [7, 11) is 1.62. The van der Waals surface area contributed by atoms with Crippen LogP contribution in [-0.2, 0) is 11.2 Å². The van der Waals surface area contributed by atoms with Crippen molar-refractivity contribution in [3.8, 4) is 5.75 Å². The Morgan fingerprint density at radius 1 is 1.26 bits per heavy atom. The van der Waals surface area contributed by atoms with Crippen LogP contribution in [-0.4, -0.2) is 25.3 Å². The molecule has 0 unspecified atom stereocenters. The van der Waals surface area contributed by atoms with Gasteiger partial charge in [0.05, 0.1) is 13.4 Å². The fourth-order valence-electron chi connectivity index (χ4n) is 2.00. The Bertz CT molecular complexity index is 625. The molecular formula is C18H27NO4. The molecule has 0 aliphatic carbocycles. The minimum atomic E-state index is -0.483. The van der Waals surface area contributed by atoms with E-state index in [2.05, 4.69) is 5.32 Å². The van der Waals surface area contributed by atoms with E-state index in [0.29, 0.717) is 13.0 Å². The highest BCUT2D eigenvalue weighted by Crippen LogP contribution is 2.25. The Labute approximate surface area is 138 Å². The third kappa shape index (κ3) is 5.85. The van der Waals surface area contributed by atoms with Crippen LogP contribution in [0.15, 0.2) is 28.9 Å². The first-order valence-electron chi connectivity index (χ1n) is 7.90. The van der Waals surface area contributed by atoms with Crippen LogP contribution in [0.5, 0.6) is 5.75 Å². The molecule has 23 heavy (non-hydrogen) atoms. The maximum atomic E-state index is 11.6. The molecule has 2 aromatic rings. The van der Waals surface area contributed by atoms with E-state index in [4.69, 9.17) is 13.9 Å². The Morgan fingerprint density at radius 3 is 2.57 bits per heavy atom. The molecule has 0 spiro atoms. The van der Waals surface area contributed by atoms with E-state index in [1.54, 1.807) is 13.4 Å². The summed E-state index contributed by atoms with van der Waals surface area (Å²) in [5, 5.41) is 3.77. The van der Waals surface area contributed by atoms with Gasteiger partial charge in [-0.15, -0.1) is 0 Å². The van der Waals surface area contributed by atoms with Crippen molar-refractivity contribution in [3.63, 3.8) is 0 Å². The van der Waals surface area contributed by atoms with E-state index in [-0.39, 0.29) is 0 Å². The number of amides is 1. The molecule has 0 fully saturated rings. The molecular weight excluding hydrogens is 294 g/mol. The highest BCUT2D eigenvalue weighted by atomic mass is 16.6. The summed E-state index contributed by atoms with van der Waals surface area (Å²) in [6, 6.07) is 5.70. The van der Waals surface area contributed by atoms with Crippen molar-refractivity contribution in [2.75, 3.05) is 13.7 Å². The summed E-state index contributed by atoms with van der Waals surface area (Å²) in [6.45, 7) is 10.0. The largest absolute Gasteiger partial charge is 0.497 e. The number of carbonyl (C=O) groups excluding carboxylic acids is 1. The molecule has 1 heterocycles. The predicted octanol–water partition coefficient (Wildman–Crippen LogP) is 4.53. The monoisotopic (exact) mass is 321 g/mol. The number of methoxy groups -OCH3 is 1. The first-order valence-corrected chi connectivity index (χ1v) is 7.90. The molecule has 1 aromatic carbocycles. The number of ether oxygens (including phenoxy) is 2. The molecule has 1 N–H and O–H groups in total. The van der Waals surface area contributed by atoms with Gasteiger partial charge in [0.1, 0.15) is 16.9 Å². The Hall–Kier alpha value is -2.17. The van der Waals surface area contributed by atoms with Crippen molar-refractivity contribution in [2.24, 2.45) is 0 Å². The second kappa shape index (κ2) is 8.46. The lowest BCUT2D eigenvalue weighted by molar-refractivity contribution is 0.0528. The Balaban J connectivity index is 0.00000127. The maximum Gasteiger partial charge on any atom is 0.407 e. The van der Waals surface area contributed by atoms with Gasteiger partial charge in [-0.1, -0.05) is 13.8 Å². The number of carbonyl (C=O) groups is 1. The van der Waals surface area contributed by atoms with Gasteiger partial charge in [0, 0.05) is 18.0 Å². The number of hydrogen-bond acceptors (Lipinski definition) is 4. The summed E-state index contributed by atoms with van der Waals surface area (Å²) in [4.78, 5) is 11.6. The van der Waals surface area contributed by atoms with Crippen LogP contribution in [0.2, 0.25) is 0 Å². The number of furan rings is 1. The van der Waals surface area contributed by atoms with Gasteiger partial charge in [-0.05, 0) is 44.9 Å². The van der Waals surface area contributed by atoms with Gasteiger partial charge < -0.3 is 19.2 Å². The van der Waals surface area contributed by atoms with E-state index in [1.807, 2.05) is 52.8 Å². The molecule has 5 heteroatoms. The van der Waals surface area contributed by atoms with E-state index >= 15 is 0 Å². The molecule has 1 amide bonds. The Morgan fingerprint density at radius 2 is 1.96 bits per heavy atom. The van der Waals surface area contributed by atoms with E-state index in [0.717, 1.165) is 22.3 Å². The van der Waals surface area contributed by atoms with Crippen LogP contribution in [0, 0.1) is 0 Å². The molecule has 5 nitrogen and oxygen atoms in total. The van der Waals surface area contributed by atoms with Crippen LogP contribution in [0.4, 0.5) is 4.79 Å². The van der Waals surface area contributed by atoms with Crippen LogP contribution in [0.1, 0.15) is 40.2 Å². The Kier molecular flexibility index (Phi) is 6.94. The van der Waals surface area contributed by atoms with Gasteiger partial charge in [0.2, 0.25) is 0 Å². The SMILES string of the molecule is CC.COc1ccc2c(CCNC(=O)OC(C)(C)C)coc2c1. The lowest BCUT2D eigenvalue weighted by Gasteiger charge is -2.19. The number of alkyl carbamates (subject to hydrolysis) is 1. The van der Waals surface area contributed by atoms with Gasteiger partial charge in [-0.3, -0.25) is 0 Å². The maximum absolute atomic E-state index is 11.6. The summed E-state index contributed by atoms with van der Waals surface area (Å²) in [5.74, 6) is 0.760. The van der Waals surface area contributed by atoms with Crippen LogP contribution < -0.4 is 10.1 Å². The topological polar surface area (TPSA) is 60.7 Å². The minimum absolute atomic E-state index is 0.406. The quantitative estimate of drug-likeness (QED) is 0.898. The van der Waals surface area contributed by atoms with Gasteiger partial charge in [0.25, 0.3) is 0 Å². The van der Waals surface area contributed by atoms with Crippen molar-refractivity contribution in [2.45, 2.75) is 46.6 Å². The normalized spacial score (nSPS) is 10.7. The molecule has 0 aliphatic heterocycles. The lowest BCUT2D eigenvalue weighted by Crippen LogP contribution is -2.33. The van der Waals surface area contributed by atoms with Gasteiger partial charge in [-0.25, -0.2) is 4.79 Å². The number of fused-ring (bicyclic) bond motifs is 1. The average molecular weight is 321 g/mol. The van der Waals surface area contributed by atoms with Crippen molar-refractivity contribution < 1.29 is 18.7 Å². The minimum Gasteiger partial charge on any atom is -0.497 e. The van der Waals surface area contributed by atoms with Crippen molar-refractivity contribution in [1.29, 1.82) is 0 Å². The summed E-state index contributed by atoms with van der Waals surface area (Å²) < 4.78 is 15.8. The zero-order valence-corrected chi connectivity index (χ0v) is 14.9. The predicted molar refractivity (Wildman–Crippen MR) is 92.1 cm³/mol. The average Bonchev–Trinajstić information content (AvgIpc) is 2.90. The molecule has 2 rings (SSSR count). The highest BCUT2D eigenvalue weighted by Gasteiger charge is 2.15. The van der Waals surface area contributed by atoms with Crippen LogP contribution >= 0.6 is 0 Å². The summed E-state index contributed by atoms with van der Waals surface area (Å²) in [6.07, 6.45) is 1.98. The van der Waals surface area contributed by atoms with Crippen LogP contribution in [0.25, 0.3) is 11.0 Å². The molecule has 0 radical (unpaired) electrons. The molecule has 0 bridgehead atoms. The number of hydrogen-bond donors (Lipinski definition) is 1. The third-order valence-corrected chi connectivity index (χ3v) is 2.93. The molecule has 0 saturated carbocycles. The molecule has 0 aliphatic rings. The standard InChI is InChI=1S/C16H21NO4.C2H6/c1-16(2,3)21-15(18)17-8-7-11-10-20-14-9-12(19-4)5-6-13(11)14;1-2/h5-6,9-10H,7-8H2,1-4H3,(H,17,18);1-2H3. The summed E-state index contributed by atoms with van der Waals surface area (Å²) in [5.41, 5.74) is 1.34. The first kappa shape index (κ1) is 18.9. The fourth-order valence-corrected chi connectivity index (χ4v) is 2.00. The van der Waals surface area contributed by atoms with Crippen LogP contribution in [0.3, 0.4) is 0 Å². The first-order chi connectivity index (χ1) is 10.9. The van der Waals surface area contributed by atoms with E-state index in [9.17, 15) is 4.79 Å². The summed E-state index contributed by atoms with van der Waals surface area (Å²) >= 11 is 0. The second-order valence-electron chi connectivity index (χ2n) is 5.80. The number of rotatable bonds is 4. The third-order valence-electron chi connectivity index (χ3n) is 2.93. The van der Waals surface area contributed by atoms with E-state index in [1.165, 1.54) is 0 Å². The highest BCUT2D eigenvalue weighted by molar-refractivity contribution is 5.82. The van der Waals surface area contributed by atoms with Crippen molar-refractivity contribution >= 4 is 17.1 Å². The van der Waals surface area contributed by atoms with Gasteiger partial charge in [-0.2, -0.15) is 0 Å². The second-order valence-corrected chi connectivity index (χ2v) is 5.80. The molecule has 0 saturated heterocycles. The van der Waals surface area contributed by atoms with Crippen molar-refractivity contribution in [3.05, 3.63) is 30.0 Å². The van der Waals surface area contributed by atoms with Crippen molar-refractivity contribution in [1.82, 2.24) is 5.32 Å². The van der Waals surface area contributed by atoms with Gasteiger partial charge >= 0.3 is 6.09 Å².